The number of rotatable bonds is 5. The summed E-state index contributed by atoms with van der Waals surface area (Å²) >= 11 is 1.66. The summed E-state index contributed by atoms with van der Waals surface area (Å²) in [7, 11) is 0. The van der Waals surface area contributed by atoms with Crippen LogP contribution < -0.4 is 5.32 Å². The molecule has 5 heteroatoms. The lowest BCUT2D eigenvalue weighted by Gasteiger charge is -2.08. The molecule has 2 heterocycles. The van der Waals surface area contributed by atoms with Gasteiger partial charge in [-0.3, -0.25) is 0 Å². The van der Waals surface area contributed by atoms with E-state index in [1.54, 1.807) is 11.3 Å². The van der Waals surface area contributed by atoms with Gasteiger partial charge in [-0.15, -0.1) is 10.2 Å². The van der Waals surface area contributed by atoms with Crippen LogP contribution in [-0.2, 0) is 18.0 Å². The Hall–Kier alpha value is -1.30. The van der Waals surface area contributed by atoms with Crippen LogP contribution in [0.1, 0.15) is 42.4 Å². The summed E-state index contributed by atoms with van der Waals surface area (Å²) in [5, 5.41) is 14.1. The first-order chi connectivity index (χ1) is 9.78. The van der Waals surface area contributed by atoms with Crippen molar-refractivity contribution in [3.8, 4) is 10.6 Å². The zero-order chi connectivity index (χ0) is 13.9. The van der Waals surface area contributed by atoms with Gasteiger partial charge in [0, 0.05) is 5.56 Å². The van der Waals surface area contributed by atoms with E-state index >= 15 is 0 Å². The Bertz CT molecular complexity index is 597. The van der Waals surface area contributed by atoms with Gasteiger partial charge in [0.25, 0.3) is 0 Å². The van der Waals surface area contributed by atoms with Gasteiger partial charge in [0.05, 0.1) is 19.3 Å². The fourth-order valence-corrected chi connectivity index (χ4v) is 3.15. The van der Waals surface area contributed by atoms with E-state index in [2.05, 4.69) is 47.6 Å². The monoisotopic (exact) mass is 289 g/mol. The molecule has 1 aromatic carbocycles. The summed E-state index contributed by atoms with van der Waals surface area (Å²) in [4.78, 5) is 0. The van der Waals surface area contributed by atoms with Crippen molar-refractivity contribution in [3.05, 3.63) is 34.3 Å². The fraction of sp³-hybridized carbons (Fsp3) is 0.467. The average Bonchev–Trinajstić information content (AvgIpc) is 3.12. The molecule has 0 amide bonds. The molecule has 20 heavy (non-hydrogen) atoms. The number of nitrogens with one attached hydrogen (secondary N) is 1. The lowest BCUT2D eigenvalue weighted by molar-refractivity contribution is 0.134. The Morgan fingerprint density at radius 2 is 2.15 bits per heavy atom. The molecule has 1 aliphatic rings. The van der Waals surface area contributed by atoms with Crippen molar-refractivity contribution in [1.82, 2.24) is 15.5 Å². The molecular formula is C15H19N3OS. The lowest BCUT2D eigenvalue weighted by atomic mass is 10.1. The summed E-state index contributed by atoms with van der Waals surface area (Å²) in [5.41, 5.74) is 3.70. The van der Waals surface area contributed by atoms with Gasteiger partial charge in [-0.1, -0.05) is 30.4 Å². The second-order valence-electron chi connectivity index (χ2n) is 5.10. The zero-order valence-electron chi connectivity index (χ0n) is 11.8. The van der Waals surface area contributed by atoms with Crippen molar-refractivity contribution < 1.29 is 4.74 Å². The summed E-state index contributed by atoms with van der Waals surface area (Å²) in [5.74, 6) is 0. The highest BCUT2D eigenvalue weighted by Crippen LogP contribution is 2.30. The standard InChI is InChI=1S/C15H19N3OS/c1-3-6-16-10(2)14-17-18-15(20-14)11-4-5-12-8-19-9-13(12)7-11/h4-5,7,10,16H,3,6,8-9H2,1-2H3. The Balaban J connectivity index is 1.79. The van der Waals surface area contributed by atoms with Crippen LogP contribution >= 0.6 is 11.3 Å². The molecule has 1 N–H and O–H groups in total. The molecule has 0 saturated heterocycles. The van der Waals surface area contributed by atoms with Gasteiger partial charge < -0.3 is 10.1 Å². The minimum absolute atomic E-state index is 0.263. The second kappa shape index (κ2) is 5.99. The number of benzene rings is 1. The van der Waals surface area contributed by atoms with Gasteiger partial charge in [0.15, 0.2) is 0 Å². The molecule has 1 atom stereocenters. The predicted octanol–water partition coefficient (Wildman–Crippen LogP) is 3.30. The van der Waals surface area contributed by atoms with E-state index in [-0.39, 0.29) is 6.04 Å². The third kappa shape index (κ3) is 2.75. The third-order valence-corrected chi connectivity index (χ3v) is 4.63. The molecule has 1 aromatic heterocycles. The van der Waals surface area contributed by atoms with Crippen LogP contribution in [0.15, 0.2) is 18.2 Å². The molecule has 1 aliphatic heterocycles. The van der Waals surface area contributed by atoms with E-state index in [9.17, 15) is 0 Å². The molecule has 0 radical (unpaired) electrons. The molecule has 0 saturated carbocycles. The Kier molecular flexibility index (Phi) is 4.10. The predicted molar refractivity (Wildman–Crippen MR) is 80.5 cm³/mol. The fourth-order valence-electron chi connectivity index (χ4n) is 2.28. The van der Waals surface area contributed by atoms with Gasteiger partial charge in [-0.25, -0.2) is 0 Å². The Labute approximate surface area is 123 Å². The van der Waals surface area contributed by atoms with E-state index in [4.69, 9.17) is 4.74 Å². The number of hydrogen-bond donors (Lipinski definition) is 1. The Morgan fingerprint density at radius 1 is 1.30 bits per heavy atom. The highest BCUT2D eigenvalue weighted by atomic mass is 32.1. The molecule has 4 nitrogen and oxygen atoms in total. The number of fused-ring (bicyclic) bond motifs is 1. The summed E-state index contributed by atoms with van der Waals surface area (Å²) in [6, 6.07) is 6.69. The van der Waals surface area contributed by atoms with Gasteiger partial charge in [-0.05, 0) is 37.1 Å². The topological polar surface area (TPSA) is 47.0 Å². The summed E-state index contributed by atoms with van der Waals surface area (Å²) in [6.07, 6.45) is 1.13. The Morgan fingerprint density at radius 3 is 3.00 bits per heavy atom. The SMILES string of the molecule is CCCNC(C)c1nnc(-c2ccc3c(c2)COC3)s1. The molecule has 0 spiro atoms. The van der Waals surface area contributed by atoms with Crippen molar-refractivity contribution in [2.24, 2.45) is 0 Å². The maximum absolute atomic E-state index is 5.45. The lowest BCUT2D eigenvalue weighted by Crippen LogP contribution is -2.18. The smallest absolute Gasteiger partial charge is 0.147 e. The number of aromatic nitrogens is 2. The van der Waals surface area contributed by atoms with E-state index in [0.717, 1.165) is 35.2 Å². The second-order valence-corrected chi connectivity index (χ2v) is 6.11. The van der Waals surface area contributed by atoms with Crippen LogP contribution in [0.2, 0.25) is 0 Å². The summed E-state index contributed by atoms with van der Waals surface area (Å²) < 4.78 is 5.45. The van der Waals surface area contributed by atoms with E-state index in [1.165, 1.54) is 11.1 Å². The molecule has 2 aromatic rings. The van der Waals surface area contributed by atoms with Crippen molar-refractivity contribution in [2.75, 3.05) is 6.54 Å². The molecule has 1 unspecified atom stereocenters. The van der Waals surface area contributed by atoms with Crippen LogP contribution in [0, 0.1) is 0 Å². The number of hydrogen-bond acceptors (Lipinski definition) is 5. The normalized spacial score (nSPS) is 15.3. The van der Waals surface area contributed by atoms with Crippen molar-refractivity contribution in [2.45, 2.75) is 39.5 Å². The van der Waals surface area contributed by atoms with Crippen LogP contribution in [0.3, 0.4) is 0 Å². The minimum Gasteiger partial charge on any atom is -0.372 e. The maximum Gasteiger partial charge on any atom is 0.147 e. The van der Waals surface area contributed by atoms with Crippen LogP contribution in [0.25, 0.3) is 10.6 Å². The molecule has 0 bridgehead atoms. The van der Waals surface area contributed by atoms with E-state index in [1.807, 2.05) is 0 Å². The first-order valence-electron chi connectivity index (χ1n) is 7.04. The molecule has 3 rings (SSSR count). The largest absolute Gasteiger partial charge is 0.372 e. The van der Waals surface area contributed by atoms with E-state index < -0.39 is 0 Å². The maximum atomic E-state index is 5.45. The van der Waals surface area contributed by atoms with Crippen molar-refractivity contribution in [1.29, 1.82) is 0 Å². The van der Waals surface area contributed by atoms with Gasteiger partial charge >= 0.3 is 0 Å². The van der Waals surface area contributed by atoms with Gasteiger partial charge in [0.1, 0.15) is 10.0 Å². The summed E-state index contributed by atoms with van der Waals surface area (Å²) in [6.45, 7) is 6.75. The van der Waals surface area contributed by atoms with Crippen molar-refractivity contribution >= 4 is 11.3 Å². The quantitative estimate of drug-likeness (QED) is 0.917. The van der Waals surface area contributed by atoms with E-state index in [0.29, 0.717) is 6.61 Å². The van der Waals surface area contributed by atoms with Gasteiger partial charge in [0.2, 0.25) is 0 Å². The molecule has 0 fully saturated rings. The molecule has 0 aliphatic carbocycles. The van der Waals surface area contributed by atoms with Gasteiger partial charge in [-0.2, -0.15) is 0 Å². The average molecular weight is 289 g/mol. The van der Waals surface area contributed by atoms with Crippen molar-refractivity contribution in [3.63, 3.8) is 0 Å². The third-order valence-electron chi connectivity index (χ3n) is 3.48. The van der Waals surface area contributed by atoms with Crippen LogP contribution in [0.5, 0.6) is 0 Å². The number of nitrogens with zero attached hydrogens (tertiary/aromatic N) is 2. The van der Waals surface area contributed by atoms with Crippen LogP contribution in [-0.4, -0.2) is 16.7 Å². The highest BCUT2D eigenvalue weighted by molar-refractivity contribution is 7.14. The minimum atomic E-state index is 0.263. The van der Waals surface area contributed by atoms with Crippen LogP contribution in [0.4, 0.5) is 0 Å². The number of ether oxygens (including phenoxy) is 1. The highest BCUT2D eigenvalue weighted by Gasteiger charge is 2.15. The first kappa shape index (κ1) is 13.7. The molecule has 106 valence electrons. The molecular weight excluding hydrogens is 270 g/mol. The zero-order valence-corrected chi connectivity index (χ0v) is 12.7. The first-order valence-corrected chi connectivity index (χ1v) is 7.86.